The molecule has 150 valence electrons. The monoisotopic (exact) mass is 402 g/mol. The second-order valence-electron chi connectivity index (χ2n) is 6.89. The Morgan fingerprint density at radius 1 is 1.07 bits per heavy atom. The molecule has 2 rings (SSSR count). The van der Waals surface area contributed by atoms with Gasteiger partial charge in [-0.05, 0) is 74.7 Å². The fourth-order valence-corrected chi connectivity index (χ4v) is 4.24. The van der Waals surface area contributed by atoms with Crippen molar-refractivity contribution in [1.82, 2.24) is 4.72 Å². The fourth-order valence-electron chi connectivity index (χ4n) is 2.78. The predicted molar refractivity (Wildman–Crippen MR) is 112 cm³/mol. The third kappa shape index (κ3) is 5.94. The molecule has 0 radical (unpaired) electrons. The van der Waals surface area contributed by atoms with Gasteiger partial charge < -0.3 is 10.1 Å². The minimum absolute atomic E-state index is 0.0283. The first kappa shape index (κ1) is 21.7. The number of methoxy groups -OCH3 is 1. The Morgan fingerprint density at radius 2 is 1.71 bits per heavy atom. The Hall–Kier alpha value is -2.64. The van der Waals surface area contributed by atoms with Crippen molar-refractivity contribution in [3.05, 3.63) is 59.2 Å². The molecule has 0 aliphatic rings. The number of amides is 1. The van der Waals surface area contributed by atoms with Crippen molar-refractivity contribution in [2.75, 3.05) is 12.4 Å². The number of anilines is 1. The van der Waals surface area contributed by atoms with Crippen molar-refractivity contribution < 1.29 is 17.9 Å². The van der Waals surface area contributed by atoms with Gasteiger partial charge in [0.05, 0.1) is 7.11 Å². The van der Waals surface area contributed by atoms with Crippen molar-refractivity contribution in [1.29, 1.82) is 0 Å². The number of sulfonamides is 1. The molecule has 0 unspecified atom stereocenters. The molecule has 28 heavy (non-hydrogen) atoms. The Kier molecular flexibility index (Phi) is 6.99. The molecule has 1 amide bonds. The predicted octanol–water partition coefficient (Wildman–Crippen LogP) is 3.65. The van der Waals surface area contributed by atoms with Gasteiger partial charge in [0.25, 0.3) is 0 Å². The average molecular weight is 403 g/mol. The van der Waals surface area contributed by atoms with E-state index in [2.05, 4.69) is 10.0 Å². The second-order valence-corrected chi connectivity index (χ2v) is 8.57. The lowest BCUT2D eigenvalue weighted by Crippen LogP contribution is -2.30. The van der Waals surface area contributed by atoms with Crippen molar-refractivity contribution in [2.45, 2.75) is 38.6 Å². The van der Waals surface area contributed by atoms with Crippen LogP contribution in [0.2, 0.25) is 0 Å². The van der Waals surface area contributed by atoms with Crippen LogP contribution in [0.5, 0.6) is 5.75 Å². The van der Waals surface area contributed by atoms with Gasteiger partial charge >= 0.3 is 0 Å². The number of ether oxygens (including phenoxy) is 1. The second kappa shape index (κ2) is 9.03. The summed E-state index contributed by atoms with van der Waals surface area (Å²) in [5.74, 6) is -0.0597. The van der Waals surface area contributed by atoms with Crippen molar-refractivity contribution in [2.24, 2.45) is 0 Å². The number of hydrogen-bond acceptors (Lipinski definition) is 4. The van der Waals surface area contributed by atoms with Crippen LogP contribution in [0.3, 0.4) is 0 Å². The summed E-state index contributed by atoms with van der Waals surface area (Å²) >= 11 is 0. The summed E-state index contributed by atoms with van der Waals surface area (Å²) in [7, 11) is -2.32. The van der Waals surface area contributed by atoms with Crippen LogP contribution in [0.4, 0.5) is 5.69 Å². The summed E-state index contributed by atoms with van der Waals surface area (Å²) in [4.78, 5) is 12.2. The van der Waals surface area contributed by atoms with E-state index in [0.717, 1.165) is 11.1 Å². The quantitative estimate of drug-likeness (QED) is 0.693. The average Bonchev–Trinajstić information content (AvgIpc) is 2.57. The van der Waals surface area contributed by atoms with Gasteiger partial charge in [-0.25, -0.2) is 13.1 Å². The van der Waals surface area contributed by atoms with Gasteiger partial charge in [0.15, 0.2) is 0 Å². The topological polar surface area (TPSA) is 84.5 Å². The Balaban J connectivity index is 2.23. The molecule has 0 bridgehead atoms. The van der Waals surface area contributed by atoms with E-state index in [1.807, 2.05) is 32.0 Å². The summed E-state index contributed by atoms with van der Waals surface area (Å²) < 4.78 is 32.8. The number of carbonyl (C=O) groups excluding carboxylic acids is 1. The number of hydrogen-bond donors (Lipinski definition) is 2. The van der Waals surface area contributed by atoms with E-state index in [-0.39, 0.29) is 22.6 Å². The third-order valence-electron chi connectivity index (χ3n) is 3.78. The largest absolute Gasteiger partial charge is 0.495 e. The first-order valence-corrected chi connectivity index (χ1v) is 10.4. The lowest BCUT2D eigenvalue weighted by Gasteiger charge is -2.13. The normalized spacial score (nSPS) is 11.8. The first-order valence-electron chi connectivity index (χ1n) is 8.88. The van der Waals surface area contributed by atoms with Gasteiger partial charge in [-0.1, -0.05) is 12.1 Å². The lowest BCUT2D eigenvalue weighted by atomic mass is 10.1. The van der Waals surface area contributed by atoms with E-state index in [4.69, 9.17) is 4.74 Å². The van der Waals surface area contributed by atoms with E-state index in [9.17, 15) is 13.2 Å². The van der Waals surface area contributed by atoms with E-state index in [1.54, 1.807) is 32.1 Å². The van der Waals surface area contributed by atoms with Crippen LogP contribution in [0.25, 0.3) is 6.08 Å². The zero-order valence-electron chi connectivity index (χ0n) is 16.7. The molecule has 0 fully saturated rings. The van der Waals surface area contributed by atoms with Crippen molar-refractivity contribution >= 4 is 27.7 Å². The highest BCUT2D eigenvalue weighted by Crippen LogP contribution is 2.25. The van der Waals surface area contributed by atoms with Gasteiger partial charge in [-0.3, -0.25) is 4.79 Å². The van der Waals surface area contributed by atoms with Crippen molar-refractivity contribution in [3.8, 4) is 5.75 Å². The first-order chi connectivity index (χ1) is 13.1. The van der Waals surface area contributed by atoms with E-state index in [0.29, 0.717) is 11.3 Å². The minimum atomic E-state index is -3.73. The molecular formula is C21H26N2O4S. The summed E-state index contributed by atoms with van der Waals surface area (Å²) in [6.45, 7) is 7.41. The molecule has 0 spiro atoms. The maximum absolute atomic E-state index is 12.5. The fraction of sp³-hybridized carbons (Fsp3) is 0.286. The minimum Gasteiger partial charge on any atom is -0.495 e. The molecule has 7 heteroatoms. The molecular weight excluding hydrogens is 376 g/mol. The maximum Gasteiger partial charge on any atom is 0.248 e. The molecule has 0 saturated carbocycles. The number of nitrogens with one attached hydrogen (secondary N) is 2. The summed E-state index contributed by atoms with van der Waals surface area (Å²) in [5, 5.41) is 2.81. The standard InChI is InChI=1S/C21H26N2O4S/c1-14(2)23-28(25,26)20-13-17(6-8-19(20)27-5)7-9-21(24)22-18-11-15(3)10-16(4)12-18/h6-14,23H,1-5H3,(H,22,24). The van der Waals surface area contributed by atoms with Gasteiger partial charge in [-0.2, -0.15) is 0 Å². The summed E-state index contributed by atoms with van der Waals surface area (Å²) in [6, 6.07) is 10.3. The Labute approximate surface area is 166 Å². The molecule has 0 saturated heterocycles. The molecule has 0 aliphatic carbocycles. The number of benzene rings is 2. The van der Waals surface area contributed by atoms with E-state index >= 15 is 0 Å². The van der Waals surface area contributed by atoms with Crippen LogP contribution in [-0.2, 0) is 14.8 Å². The van der Waals surface area contributed by atoms with E-state index < -0.39 is 10.0 Å². The van der Waals surface area contributed by atoms with Crippen LogP contribution in [0.1, 0.15) is 30.5 Å². The number of carbonyl (C=O) groups is 1. The highest BCUT2D eigenvalue weighted by atomic mass is 32.2. The molecule has 0 aromatic heterocycles. The van der Waals surface area contributed by atoms with Gasteiger partial charge in [-0.15, -0.1) is 0 Å². The highest BCUT2D eigenvalue weighted by Gasteiger charge is 2.20. The number of rotatable bonds is 7. The highest BCUT2D eigenvalue weighted by molar-refractivity contribution is 7.89. The summed E-state index contributed by atoms with van der Waals surface area (Å²) in [6.07, 6.45) is 2.93. The molecule has 2 aromatic carbocycles. The SMILES string of the molecule is COc1ccc(C=CC(=O)Nc2cc(C)cc(C)c2)cc1S(=O)(=O)NC(C)C. The van der Waals surface area contributed by atoms with Crippen LogP contribution in [-0.4, -0.2) is 27.5 Å². The van der Waals surface area contributed by atoms with Crippen LogP contribution in [0.15, 0.2) is 47.4 Å². The number of aryl methyl sites for hydroxylation is 2. The maximum atomic E-state index is 12.5. The molecule has 0 heterocycles. The zero-order chi connectivity index (χ0) is 20.9. The van der Waals surface area contributed by atoms with Crippen LogP contribution < -0.4 is 14.8 Å². The third-order valence-corrected chi connectivity index (χ3v) is 5.46. The Morgan fingerprint density at radius 3 is 2.29 bits per heavy atom. The summed E-state index contributed by atoms with van der Waals surface area (Å²) in [5.41, 5.74) is 3.40. The lowest BCUT2D eigenvalue weighted by molar-refractivity contribution is -0.111. The smallest absolute Gasteiger partial charge is 0.248 e. The molecule has 2 N–H and O–H groups in total. The molecule has 0 aliphatic heterocycles. The Bertz CT molecular complexity index is 975. The van der Waals surface area contributed by atoms with E-state index in [1.165, 1.54) is 19.3 Å². The van der Waals surface area contributed by atoms with Crippen molar-refractivity contribution in [3.63, 3.8) is 0 Å². The molecule has 2 aromatic rings. The zero-order valence-corrected chi connectivity index (χ0v) is 17.6. The van der Waals surface area contributed by atoms with Gasteiger partial charge in [0, 0.05) is 17.8 Å². The molecule has 0 atom stereocenters. The van der Waals surface area contributed by atoms with Crippen LogP contribution in [0, 0.1) is 13.8 Å². The van der Waals surface area contributed by atoms with Gasteiger partial charge in [0.2, 0.25) is 15.9 Å². The van der Waals surface area contributed by atoms with Gasteiger partial charge in [0.1, 0.15) is 10.6 Å². The molecule has 6 nitrogen and oxygen atoms in total. The van der Waals surface area contributed by atoms with Crippen LogP contribution >= 0.6 is 0 Å².